The van der Waals surface area contributed by atoms with Crippen LogP contribution in [0, 0.1) is 5.82 Å². The number of hydrogen-bond acceptors (Lipinski definition) is 3. The number of rotatable bonds is 12. The first-order valence-corrected chi connectivity index (χ1v) is 9.19. The van der Waals surface area contributed by atoms with Crippen molar-refractivity contribution in [2.24, 2.45) is 4.99 Å². The molecule has 0 aliphatic rings. The lowest BCUT2D eigenvalue weighted by molar-refractivity contribution is -0.120. The van der Waals surface area contributed by atoms with Gasteiger partial charge in [0.25, 0.3) is 0 Å². The second kappa shape index (κ2) is 16.7. The van der Waals surface area contributed by atoms with Crippen molar-refractivity contribution in [2.75, 3.05) is 39.9 Å². The summed E-state index contributed by atoms with van der Waals surface area (Å²) in [6, 6.07) is 6.07. The molecule has 0 unspecified atom stereocenters. The Morgan fingerprint density at radius 3 is 2.52 bits per heavy atom. The molecule has 0 aromatic heterocycles. The Balaban J connectivity index is 0.00000676. The lowest BCUT2D eigenvalue weighted by atomic mass is 10.1. The molecule has 154 valence electrons. The summed E-state index contributed by atoms with van der Waals surface area (Å²) in [5.41, 5.74) is 0.661. The van der Waals surface area contributed by atoms with Gasteiger partial charge in [0, 0.05) is 39.9 Å². The third kappa shape index (κ3) is 13.4. The number of halogens is 2. The number of aliphatic imine (C=N–C) groups is 1. The van der Waals surface area contributed by atoms with Crippen molar-refractivity contribution in [1.82, 2.24) is 16.0 Å². The minimum atomic E-state index is -0.331. The fourth-order valence-corrected chi connectivity index (χ4v) is 2.23. The fraction of sp³-hybridized carbons (Fsp3) is 0.579. The van der Waals surface area contributed by atoms with Crippen molar-refractivity contribution in [2.45, 2.75) is 32.6 Å². The molecule has 3 N–H and O–H groups in total. The molecule has 0 heterocycles. The highest BCUT2D eigenvalue weighted by Crippen LogP contribution is 2.03. The highest BCUT2D eigenvalue weighted by molar-refractivity contribution is 14.0. The second-order valence-electron chi connectivity index (χ2n) is 5.90. The number of unbranched alkanes of at least 4 members (excludes halogenated alkanes) is 1. The maximum absolute atomic E-state index is 13.1. The largest absolute Gasteiger partial charge is 0.381 e. The van der Waals surface area contributed by atoms with Crippen LogP contribution in [0.2, 0.25) is 0 Å². The Morgan fingerprint density at radius 1 is 1.11 bits per heavy atom. The van der Waals surface area contributed by atoms with E-state index in [9.17, 15) is 9.18 Å². The number of nitrogens with zero attached hydrogens (tertiary/aromatic N) is 1. The monoisotopic (exact) mass is 494 g/mol. The summed E-state index contributed by atoms with van der Waals surface area (Å²) < 4.78 is 18.6. The zero-order valence-electron chi connectivity index (χ0n) is 16.2. The molecule has 0 fully saturated rings. The van der Waals surface area contributed by atoms with Gasteiger partial charge in [-0.05, 0) is 30.5 Å². The van der Waals surface area contributed by atoms with Crippen LogP contribution in [-0.4, -0.2) is 51.8 Å². The predicted octanol–water partition coefficient (Wildman–Crippen LogP) is 2.47. The summed E-state index contributed by atoms with van der Waals surface area (Å²) >= 11 is 0. The van der Waals surface area contributed by atoms with E-state index in [0.29, 0.717) is 24.6 Å². The van der Waals surface area contributed by atoms with Crippen LogP contribution < -0.4 is 16.0 Å². The molecule has 1 rings (SSSR count). The van der Waals surface area contributed by atoms with Gasteiger partial charge in [0.2, 0.25) is 5.91 Å². The number of guanidine groups is 1. The molecule has 0 atom stereocenters. The van der Waals surface area contributed by atoms with Crippen molar-refractivity contribution in [1.29, 1.82) is 0 Å². The Morgan fingerprint density at radius 2 is 1.81 bits per heavy atom. The van der Waals surface area contributed by atoms with Crippen molar-refractivity contribution in [3.05, 3.63) is 35.6 Å². The summed E-state index contributed by atoms with van der Waals surface area (Å²) in [5, 5.41) is 9.13. The highest BCUT2D eigenvalue weighted by Gasteiger charge is 2.04. The molecule has 0 saturated heterocycles. The molecule has 0 bridgehead atoms. The van der Waals surface area contributed by atoms with Crippen molar-refractivity contribution in [3.8, 4) is 0 Å². The molecule has 0 aliphatic carbocycles. The van der Waals surface area contributed by atoms with Crippen LogP contribution in [0.4, 0.5) is 4.39 Å². The van der Waals surface area contributed by atoms with Gasteiger partial charge >= 0.3 is 0 Å². The summed E-state index contributed by atoms with van der Waals surface area (Å²) in [5.74, 6) is 0.227. The quantitative estimate of drug-likeness (QED) is 0.181. The van der Waals surface area contributed by atoms with Gasteiger partial charge in [-0.1, -0.05) is 25.5 Å². The third-order valence-electron chi connectivity index (χ3n) is 3.62. The van der Waals surface area contributed by atoms with Gasteiger partial charge in [-0.25, -0.2) is 4.39 Å². The first-order chi connectivity index (χ1) is 12.7. The minimum absolute atomic E-state index is 0. The smallest absolute Gasteiger partial charge is 0.224 e. The van der Waals surface area contributed by atoms with Crippen LogP contribution in [0.15, 0.2) is 29.3 Å². The van der Waals surface area contributed by atoms with Crippen LogP contribution >= 0.6 is 24.0 Å². The number of nitrogens with one attached hydrogen (secondary N) is 3. The Hall–Kier alpha value is -1.42. The topological polar surface area (TPSA) is 74.8 Å². The number of hydrogen-bond donors (Lipinski definition) is 3. The molecule has 8 heteroatoms. The third-order valence-corrected chi connectivity index (χ3v) is 3.62. The van der Waals surface area contributed by atoms with Crippen molar-refractivity contribution >= 4 is 35.8 Å². The lowest BCUT2D eigenvalue weighted by Gasteiger charge is -2.12. The summed E-state index contributed by atoms with van der Waals surface area (Å²) in [6.07, 6.45) is 3.33. The number of ether oxygens (including phenoxy) is 1. The van der Waals surface area contributed by atoms with Gasteiger partial charge in [0.05, 0.1) is 6.42 Å². The Bertz CT molecular complexity index is 558. The normalized spacial score (nSPS) is 10.9. The van der Waals surface area contributed by atoms with E-state index in [-0.39, 0.29) is 42.1 Å². The SMILES string of the molecule is CCCCOCCCNC(=NC)NCCNC(=O)Cc1cccc(F)c1.I. The molecule has 27 heavy (non-hydrogen) atoms. The Kier molecular flexibility index (Phi) is 15.9. The van der Waals surface area contributed by atoms with Gasteiger partial charge < -0.3 is 20.7 Å². The molecular formula is C19H32FIN4O2. The van der Waals surface area contributed by atoms with Crippen LogP contribution in [-0.2, 0) is 16.0 Å². The highest BCUT2D eigenvalue weighted by atomic mass is 127. The van der Waals surface area contributed by atoms with E-state index in [0.717, 1.165) is 39.0 Å². The first kappa shape index (κ1) is 25.6. The van der Waals surface area contributed by atoms with Gasteiger partial charge in [-0.15, -0.1) is 24.0 Å². The molecule has 1 amide bonds. The molecule has 0 spiro atoms. The zero-order chi connectivity index (χ0) is 19.0. The molecule has 1 aromatic carbocycles. The van der Waals surface area contributed by atoms with Gasteiger partial charge in [-0.3, -0.25) is 9.79 Å². The van der Waals surface area contributed by atoms with Crippen molar-refractivity contribution < 1.29 is 13.9 Å². The van der Waals surface area contributed by atoms with Gasteiger partial charge in [0.15, 0.2) is 5.96 Å². The van der Waals surface area contributed by atoms with Crippen molar-refractivity contribution in [3.63, 3.8) is 0 Å². The average Bonchev–Trinajstić information content (AvgIpc) is 2.62. The number of carbonyl (C=O) groups is 1. The first-order valence-electron chi connectivity index (χ1n) is 9.19. The van der Waals surface area contributed by atoms with E-state index < -0.39 is 0 Å². The van der Waals surface area contributed by atoms with E-state index in [4.69, 9.17) is 4.74 Å². The van der Waals surface area contributed by atoms with Gasteiger partial charge in [0.1, 0.15) is 5.82 Å². The average molecular weight is 494 g/mol. The maximum Gasteiger partial charge on any atom is 0.224 e. The van der Waals surface area contributed by atoms with E-state index in [1.165, 1.54) is 12.1 Å². The van der Waals surface area contributed by atoms with E-state index in [1.54, 1.807) is 19.2 Å². The number of benzene rings is 1. The molecule has 1 aromatic rings. The molecular weight excluding hydrogens is 462 g/mol. The summed E-state index contributed by atoms with van der Waals surface area (Å²) in [6.45, 7) is 5.50. The zero-order valence-corrected chi connectivity index (χ0v) is 18.6. The van der Waals surface area contributed by atoms with Crippen LogP contribution in [0.5, 0.6) is 0 Å². The second-order valence-corrected chi connectivity index (χ2v) is 5.90. The number of amides is 1. The van der Waals surface area contributed by atoms with E-state index in [2.05, 4.69) is 27.9 Å². The van der Waals surface area contributed by atoms with Gasteiger partial charge in [-0.2, -0.15) is 0 Å². The van der Waals surface area contributed by atoms with Crippen LogP contribution in [0.3, 0.4) is 0 Å². The summed E-state index contributed by atoms with van der Waals surface area (Å²) in [4.78, 5) is 16.0. The van der Waals surface area contributed by atoms with Crippen LogP contribution in [0.25, 0.3) is 0 Å². The fourth-order valence-electron chi connectivity index (χ4n) is 2.23. The van der Waals surface area contributed by atoms with E-state index >= 15 is 0 Å². The van der Waals surface area contributed by atoms with Crippen LogP contribution in [0.1, 0.15) is 31.7 Å². The maximum atomic E-state index is 13.1. The number of carbonyl (C=O) groups excluding carboxylic acids is 1. The Labute approximate surface area is 178 Å². The molecule has 0 aliphatic heterocycles. The standard InChI is InChI=1S/C19H31FN4O2.HI/c1-3-4-12-26-13-6-9-23-19(21-2)24-11-10-22-18(25)15-16-7-5-8-17(20)14-16;/h5,7-8,14H,3-4,6,9-13,15H2,1-2H3,(H,22,25)(H2,21,23,24);1H. The minimum Gasteiger partial charge on any atom is -0.381 e. The molecule has 6 nitrogen and oxygen atoms in total. The molecule has 0 saturated carbocycles. The summed E-state index contributed by atoms with van der Waals surface area (Å²) in [7, 11) is 1.70. The van der Waals surface area contributed by atoms with E-state index in [1.807, 2.05) is 0 Å². The predicted molar refractivity (Wildman–Crippen MR) is 118 cm³/mol. The molecule has 0 radical (unpaired) electrons. The lowest BCUT2D eigenvalue weighted by Crippen LogP contribution is -2.42.